The van der Waals surface area contributed by atoms with Crippen LogP contribution < -0.4 is 10.1 Å². The van der Waals surface area contributed by atoms with E-state index >= 15 is 4.39 Å². The number of phenols is 1. The first-order valence-electron chi connectivity index (χ1n) is 15.6. The topological polar surface area (TPSA) is 107 Å². The van der Waals surface area contributed by atoms with Crippen LogP contribution in [-0.2, 0) is 39.1 Å². The summed E-state index contributed by atoms with van der Waals surface area (Å²) in [7, 11) is 3.83. The molecule has 6 rings (SSSR count). The molecule has 0 amide bonds. The molecule has 244 valence electrons. The van der Waals surface area contributed by atoms with Crippen LogP contribution in [0.2, 0.25) is 0 Å². The third kappa shape index (κ3) is 6.83. The number of hydrogen-bond acceptors (Lipinski definition) is 7. The summed E-state index contributed by atoms with van der Waals surface area (Å²) in [6, 6.07) is 5.23. The van der Waals surface area contributed by atoms with Gasteiger partial charge in [0, 0.05) is 10.9 Å². The van der Waals surface area contributed by atoms with Crippen molar-refractivity contribution < 1.29 is 51.3 Å². The molecule has 2 aliphatic rings. The van der Waals surface area contributed by atoms with Gasteiger partial charge in [-0.3, -0.25) is 11.9 Å². The van der Waals surface area contributed by atoms with E-state index in [4.69, 9.17) is 21.9 Å². The van der Waals surface area contributed by atoms with Crippen molar-refractivity contribution in [2.75, 3.05) is 25.0 Å². The van der Waals surface area contributed by atoms with Gasteiger partial charge in [-0.05, 0) is 75.2 Å². The van der Waals surface area contributed by atoms with Gasteiger partial charge in [0.05, 0.1) is 22.2 Å². The Morgan fingerprint density at radius 3 is 2.53 bits per heavy atom. The van der Waals surface area contributed by atoms with Crippen LogP contribution in [0.4, 0.5) is 14.6 Å². The first-order chi connectivity index (χ1) is 21.7. The molecule has 2 unspecified atom stereocenters. The van der Waals surface area contributed by atoms with E-state index in [-0.39, 0.29) is 103 Å². The van der Waals surface area contributed by atoms with Gasteiger partial charge in [0.2, 0.25) is 0 Å². The maximum atomic E-state index is 16.9. The Balaban J connectivity index is 0.00000250. The Kier molecular flexibility index (Phi) is 11.8. The zero-order valence-electron chi connectivity index (χ0n) is 27.3. The number of phenolic OH excluding ortho intramolecular Hbond substituents is 1. The SMILES string of the molecule is C#Cc1c(F)ccc2cc(O)cc(-c3nc(CCC(CC)C(C)[NH-])c4c(N[CH2-])nc(OCC56CCCN5CCC6)nc4c3F)c12.[CH3-].[Y+3]. The van der Waals surface area contributed by atoms with E-state index in [9.17, 15) is 9.50 Å². The fourth-order valence-corrected chi connectivity index (χ4v) is 7.32. The molecule has 4 heterocycles. The molecule has 0 bridgehead atoms. The van der Waals surface area contributed by atoms with Crippen molar-refractivity contribution in [2.45, 2.75) is 70.4 Å². The smallest absolute Gasteiger partial charge is 0.675 e. The Morgan fingerprint density at radius 1 is 1.17 bits per heavy atom. The number of fused-ring (bicyclic) bond motifs is 3. The number of aryl methyl sites for hydroxylation is 1. The summed E-state index contributed by atoms with van der Waals surface area (Å²) in [5, 5.41) is 14.6. The number of anilines is 1. The predicted octanol–water partition coefficient (Wildman–Crippen LogP) is 7.87. The van der Waals surface area contributed by atoms with Gasteiger partial charge in [-0.25, -0.2) is 13.8 Å². The molecule has 11 heteroatoms. The van der Waals surface area contributed by atoms with Crippen LogP contribution in [0.15, 0.2) is 24.3 Å². The molecule has 0 aliphatic carbocycles. The standard InChI is InChI=1S/C35H38F2N6O2.CH3.Y/c1-5-21(20(3)38)10-12-27-29-32(41-34(42-33(29)39-4)45-19-35-13-7-15-43(35)16-8-14-35)30(37)31(40-27)25-18-23(44)17-22-9-11-26(36)24(6-2)28(22)25;;/h2,9,11,17-18,20-21,38,44H,4-5,7-8,10,12-16,19H2,1,3H3,(H,39,41,42);1H3;/q-2;-1;+3. The van der Waals surface area contributed by atoms with Crippen molar-refractivity contribution in [1.82, 2.24) is 19.9 Å². The van der Waals surface area contributed by atoms with Crippen LogP contribution in [-0.4, -0.2) is 56.2 Å². The summed E-state index contributed by atoms with van der Waals surface area (Å²) in [5.74, 6) is 1.19. The van der Waals surface area contributed by atoms with Crippen molar-refractivity contribution in [2.24, 2.45) is 5.92 Å². The summed E-state index contributed by atoms with van der Waals surface area (Å²) in [4.78, 5) is 16.4. The van der Waals surface area contributed by atoms with E-state index in [1.54, 1.807) is 0 Å². The number of rotatable bonds is 10. The second kappa shape index (κ2) is 15.1. The number of halogens is 2. The van der Waals surface area contributed by atoms with Gasteiger partial charge < -0.3 is 28.3 Å². The molecule has 0 radical (unpaired) electrons. The van der Waals surface area contributed by atoms with Crippen LogP contribution in [0.25, 0.3) is 38.7 Å². The Hall–Kier alpha value is -2.97. The van der Waals surface area contributed by atoms with E-state index in [1.165, 1.54) is 24.3 Å². The fourth-order valence-electron chi connectivity index (χ4n) is 7.32. The van der Waals surface area contributed by atoms with E-state index < -0.39 is 11.6 Å². The van der Waals surface area contributed by atoms with Crippen molar-refractivity contribution in [3.05, 3.63) is 67.4 Å². The second-order valence-corrected chi connectivity index (χ2v) is 12.3. The van der Waals surface area contributed by atoms with E-state index in [0.717, 1.165) is 45.2 Å². The fraction of sp³-hybridized carbons (Fsp3) is 0.417. The van der Waals surface area contributed by atoms with Gasteiger partial charge in [-0.2, -0.15) is 9.97 Å². The first kappa shape index (κ1) is 36.9. The molecule has 3 N–H and O–H groups in total. The first-order valence-corrected chi connectivity index (χ1v) is 15.6. The second-order valence-electron chi connectivity index (χ2n) is 12.3. The molecule has 2 aromatic carbocycles. The Labute approximate surface area is 301 Å². The van der Waals surface area contributed by atoms with E-state index in [2.05, 4.69) is 33.2 Å². The number of nitrogens with zero attached hydrogens (tertiary/aromatic N) is 4. The van der Waals surface area contributed by atoms with Crippen molar-refractivity contribution in [1.29, 1.82) is 0 Å². The number of hydrogen-bond donors (Lipinski definition) is 2. The van der Waals surface area contributed by atoms with Crippen LogP contribution in [0.5, 0.6) is 11.8 Å². The van der Waals surface area contributed by atoms with Crippen LogP contribution in [0.1, 0.15) is 63.6 Å². The van der Waals surface area contributed by atoms with E-state index in [1.807, 2.05) is 13.8 Å². The normalized spacial score (nSPS) is 16.6. The zero-order chi connectivity index (χ0) is 31.9. The summed E-state index contributed by atoms with van der Waals surface area (Å²) in [6.45, 7) is 6.36. The van der Waals surface area contributed by atoms with Crippen LogP contribution >= 0.6 is 0 Å². The number of aromatic hydroxyl groups is 1. The van der Waals surface area contributed by atoms with Crippen LogP contribution in [0.3, 0.4) is 0 Å². The summed E-state index contributed by atoms with van der Waals surface area (Å²) in [5.41, 5.74) is 8.67. The van der Waals surface area contributed by atoms with Gasteiger partial charge in [-0.1, -0.05) is 38.2 Å². The molecule has 2 saturated heterocycles. The Morgan fingerprint density at radius 2 is 1.89 bits per heavy atom. The van der Waals surface area contributed by atoms with Gasteiger partial charge in [0.15, 0.2) is 5.82 Å². The van der Waals surface area contributed by atoms with Gasteiger partial charge in [-0.15, -0.1) is 12.5 Å². The summed E-state index contributed by atoms with van der Waals surface area (Å²) in [6.07, 6.45) is 11.8. The minimum Gasteiger partial charge on any atom is -0.675 e. The number of nitrogens with one attached hydrogen (secondary N) is 2. The van der Waals surface area contributed by atoms with Crippen molar-refractivity contribution in [3.8, 4) is 35.4 Å². The average Bonchev–Trinajstić information content (AvgIpc) is 3.61. The molecule has 2 atom stereocenters. The minimum atomic E-state index is -0.779. The maximum absolute atomic E-state index is 16.9. The predicted molar refractivity (Wildman–Crippen MR) is 179 cm³/mol. The molecular formula is C36H41F2N6O2Y. The van der Waals surface area contributed by atoms with Gasteiger partial charge >= 0.3 is 38.7 Å². The monoisotopic (exact) mass is 716 g/mol. The maximum Gasteiger partial charge on any atom is 3.00 e. The number of aromatic nitrogens is 3. The van der Waals surface area contributed by atoms with Crippen molar-refractivity contribution in [3.63, 3.8) is 0 Å². The average molecular weight is 717 g/mol. The third-order valence-corrected chi connectivity index (χ3v) is 9.72. The summed E-state index contributed by atoms with van der Waals surface area (Å²) < 4.78 is 38.0. The van der Waals surface area contributed by atoms with Crippen LogP contribution in [0, 0.1) is 44.4 Å². The number of pyridine rings is 1. The molecule has 0 saturated carbocycles. The van der Waals surface area contributed by atoms with Crippen molar-refractivity contribution >= 4 is 27.5 Å². The Bertz CT molecular complexity index is 1800. The minimum absolute atomic E-state index is 0. The molecule has 8 nitrogen and oxygen atoms in total. The number of benzene rings is 2. The molecule has 4 aromatic rings. The molecule has 0 spiro atoms. The molecule has 47 heavy (non-hydrogen) atoms. The quantitative estimate of drug-likeness (QED) is 0.127. The zero-order valence-corrected chi connectivity index (χ0v) is 30.1. The molecular weight excluding hydrogens is 675 g/mol. The molecule has 2 fully saturated rings. The van der Waals surface area contributed by atoms with E-state index in [0.29, 0.717) is 35.9 Å². The number of terminal acetylenes is 1. The molecule has 2 aliphatic heterocycles. The molecule has 2 aromatic heterocycles. The van der Waals surface area contributed by atoms with Gasteiger partial charge in [0.1, 0.15) is 35.2 Å². The van der Waals surface area contributed by atoms with Gasteiger partial charge in [0.25, 0.3) is 0 Å². The third-order valence-electron chi connectivity index (χ3n) is 9.72. The summed E-state index contributed by atoms with van der Waals surface area (Å²) >= 11 is 0. The largest absolute Gasteiger partial charge is 3.00 e. The number of ether oxygens (including phenoxy) is 1.